The van der Waals surface area contributed by atoms with Gasteiger partial charge in [-0.2, -0.15) is 0 Å². The van der Waals surface area contributed by atoms with Gasteiger partial charge in [-0.25, -0.2) is 0 Å². The fourth-order valence-corrected chi connectivity index (χ4v) is 2.26. The van der Waals surface area contributed by atoms with Gasteiger partial charge in [0.15, 0.2) is 5.96 Å². The van der Waals surface area contributed by atoms with E-state index in [9.17, 15) is 4.79 Å². The molecule has 0 radical (unpaired) electrons. The zero-order valence-electron chi connectivity index (χ0n) is 15.4. The van der Waals surface area contributed by atoms with Crippen LogP contribution in [0.15, 0.2) is 29.3 Å². The average Bonchev–Trinajstić information content (AvgIpc) is 2.54. The lowest BCUT2D eigenvalue weighted by Crippen LogP contribution is -2.44. The number of hydrogen-bond donors (Lipinski definition) is 2. The van der Waals surface area contributed by atoms with Crippen molar-refractivity contribution in [2.24, 2.45) is 4.99 Å². The standard InChI is InChI=1S/C18H30N4O2/c1-6-19-18(21-14(2)13-24-5)20-11-10-15-8-7-9-16(12-15)17(23)22(3)4/h7-9,12,14H,6,10-11,13H2,1-5H3,(H2,19,20,21). The maximum Gasteiger partial charge on any atom is 0.253 e. The molecule has 1 amide bonds. The molecule has 0 saturated carbocycles. The van der Waals surface area contributed by atoms with Gasteiger partial charge in [0.1, 0.15) is 0 Å². The number of methoxy groups -OCH3 is 1. The highest BCUT2D eigenvalue weighted by Crippen LogP contribution is 2.08. The van der Waals surface area contributed by atoms with Gasteiger partial charge < -0.3 is 20.3 Å². The summed E-state index contributed by atoms with van der Waals surface area (Å²) in [5.74, 6) is 0.798. The van der Waals surface area contributed by atoms with Crippen LogP contribution in [0.4, 0.5) is 0 Å². The summed E-state index contributed by atoms with van der Waals surface area (Å²) in [6, 6.07) is 7.91. The maximum absolute atomic E-state index is 12.0. The summed E-state index contributed by atoms with van der Waals surface area (Å²) in [6.45, 7) is 6.16. The van der Waals surface area contributed by atoms with Crippen LogP contribution in [-0.4, -0.2) is 63.7 Å². The van der Waals surface area contributed by atoms with E-state index in [4.69, 9.17) is 4.74 Å². The summed E-state index contributed by atoms with van der Waals surface area (Å²) in [5.41, 5.74) is 1.81. The number of guanidine groups is 1. The molecule has 1 rings (SSSR count). The molecular formula is C18H30N4O2. The molecular weight excluding hydrogens is 304 g/mol. The number of ether oxygens (including phenoxy) is 1. The third kappa shape index (κ3) is 7.00. The van der Waals surface area contributed by atoms with Gasteiger partial charge in [-0.15, -0.1) is 0 Å². The Hall–Kier alpha value is -2.08. The van der Waals surface area contributed by atoms with Crippen molar-refractivity contribution in [2.75, 3.05) is 40.9 Å². The van der Waals surface area contributed by atoms with Gasteiger partial charge in [0, 0.05) is 45.9 Å². The molecule has 0 spiro atoms. The fourth-order valence-electron chi connectivity index (χ4n) is 2.26. The SMILES string of the molecule is CCNC(=NCCc1cccc(C(=O)N(C)C)c1)NC(C)COC. The van der Waals surface area contributed by atoms with E-state index in [1.54, 1.807) is 26.1 Å². The first-order chi connectivity index (χ1) is 11.5. The zero-order valence-corrected chi connectivity index (χ0v) is 15.4. The molecule has 0 aliphatic heterocycles. The summed E-state index contributed by atoms with van der Waals surface area (Å²) < 4.78 is 5.13. The molecule has 2 N–H and O–H groups in total. The number of nitrogens with one attached hydrogen (secondary N) is 2. The Labute approximate surface area is 145 Å². The third-order valence-electron chi connectivity index (χ3n) is 3.39. The molecule has 0 bridgehead atoms. The summed E-state index contributed by atoms with van der Waals surface area (Å²) in [7, 11) is 5.20. The van der Waals surface area contributed by atoms with Crippen molar-refractivity contribution < 1.29 is 9.53 Å². The quantitative estimate of drug-likeness (QED) is 0.559. The molecule has 0 heterocycles. The van der Waals surface area contributed by atoms with E-state index < -0.39 is 0 Å². The van der Waals surface area contributed by atoms with Crippen molar-refractivity contribution >= 4 is 11.9 Å². The summed E-state index contributed by atoms with van der Waals surface area (Å²) in [4.78, 5) is 18.2. The first-order valence-corrected chi connectivity index (χ1v) is 8.32. The molecule has 0 aliphatic rings. The number of nitrogens with zero attached hydrogens (tertiary/aromatic N) is 2. The predicted molar refractivity (Wildman–Crippen MR) is 98.6 cm³/mol. The first kappa shape index (κ1) is 20.0. The maximum atomic E-state index is 12.0. The van der Waals surface area contributed by atoms with Crippen LogP contribution >= 0.6 is 0 Å². The summed E-state index contributed by atoms with van der Waals surface area (Å²) in [6.07, 6.45) is 0.782. The van der Waals surface area contributed by atoms with Gasteiger partial charge in [0.2, 0.25) is 0 Å². The van der Waals surface area contributed by atoms with Crippen molar-refractivity contribution in [1.29, 1.82) is 0 Å². The number of benzene rings is 1. The van der Waals surface area contributed by atoms with Crippen LogP contribution in [0.3, 0.4) is 0 Å². The van der Waals surface area contributed by atoms with Gasteiger partial charge in [-0.05, 0) is 38.0 Å². The van der Waals surface area contributed by atoms with E-state index in [1.165, 1.54) is 0 Å². The van der Waals surface area contributed by atoms with Gasteiger partial charge in [0.05, 0.1) is 6.61 Å². The van der Waals surface area contributed by atoms with Crippen molar-refractivity contribution in [3.8, 4) is 0 Å². The lowest BCUT2D eigenvalue weighted by Gasteiger charge is -2.17. The predicted octanol–water partition coefficient (Wildman–Crippen LogP) is 1.52. The van der Waals surface area contributed by atoms with Crippen LogP contribution < -0.4 is 10.6 Å². The highest BCUT2D eigenvalue weighted by Gasteiger charge is 2.08. The van der Waals surface area contributed by atoms with E-state index in [0.29, 0.717) is 18.7 Å². The Morgan fingerprint density at radius 3 is 2.75 bits per heavy atom. The Morgan fingerprint density at radius 2 is 2.12 bits per heavy atom. The number of carbonyl (C=O) groups excluding carboxylic acids is 1. The number of aliphatic imine (C=N–C) groups is 1. The Morgan fingerprint density at radius 1 is 1.38 bits per heavy atom. The Bertz CT molecular complexity index is 544. The van der Waals surface area contributed by atoms with E-state index in [-0.39, 0.29) is 11.9 Å². The van der Waals surface area contributed by atoms with Crippen LogP contribution in [0.5, 0.6) is 0 Å². The van der Waals surface area contributed by atoms with Crippen LogP contribution in [0.1, 0.15) is 29.8 Å². The first-order valence-electron chi connectivity index (χ1n) is 8.32. The average molecular weight is 334 g/mol. The molecule has 1 aromatic carbocycles. The number of carbonyl (C=O) groups is 1. The van der Waals surface area contributed by atoms with E-state index in [2.05, 4.69) is 15.6 Å². The molecule has 6 nitrogen and oxygen atoms in total. The van der Waals surface area contributed by atoms with Gasteiger partial charge >= 0.3 is 0 Å². The van der Waals surface area contributed by atoms with Gasteiger partial charge in [-0.3, -0.25) is 9.79 Å². The van der Waals surface area contributed by atoms with Gasteiger partial charge in [0.25, 0.3) is 5.91 Å². The lowest BCUT2D eigenvalue weighted by molar-refractivity contribution is 0.0827. The van der Waals surface area contributed by atoms with E-state index in [1.807, 2.05) is 38.1 Å². The van der Waals surface area contributed by atoms with Crippen LogP contribution in [-0.2, 0) is 11.2 Å². The Kier molecular flexibility index (Phi) is 8.86. The highest BCUT2D eigenvalue weighted by atomic mass is 16.5. The van der Waals surface area contributed by atoms with E-state index >= 15 is 0 Å². The monoisotopic (exact) mass is 334 g/mol. The molecule has 1 unspecified atom stereocenters. The number of rotatable bonds is 8. The minimum atomic E-state index is 0.0174. The van der Waals surface area contributed by atoms with Crippen molar-refractivity contribution in [3.05, 3.63) is 35.4 Å². The van der Waals surface area contributed by atoms with Crippen LogP contribution in [0.25, 0.3) is 0 Å². The molecule has 0 aliphatic carbocycles. The number of hydrogen-bond acceptors (Lipinski definition) is 3. The molecule has 0 saturated heterocycles. The zero-order chi connectivity index (χ0) is 17.9. The Balaban J connectivity index is 2.65. The molecule has 6 heteroatoms. The minimum Gasteiger partial charge on any atom is -0.383 e. The molecule has 0 fully saturated rings. The second kappa shape index (κ2) is 10.6. The second-order valence-corrected chi connectivity index (χ2v) is 5.91. The van der Waals surface area contributed by atoms with Gasteiger partial charge in [-0.1, -0.05) is 12.1 Å². The topological polar surface area (TPSA) is 66.0 Å². The van der Waals surface area contributed by atoms with Crippen molar-refractivity contribution in [3.63, 3.8) is 0 Å². The summed E-state index contributed by atoms with van der Waals surface area (Å²) in [5, 5.41) is 6.53. The van der Waals surface area contributed by atoms with Crippen molar-refractivity contribution in [1.82, 2.24) is 15.5 Å². The molecule has 24 heavy (non-hydrogen) atoms. The summed E-state index contributed by atoms with van der Waals surface area (Å²) >= 11 is 0. The van der Waals surface area contributed by atoms with E-state index in [0.717, 1.165) is 24.5 Å². The van der Waals surface area contributed by atoms with Crippen LogP contribution in [0, 0.1) is 0 Å². The number of amides is 1. The normalized spacial score (nSPS) is 12.6. The smallest absolute Gasteiger partial charge is 0.253 e. The molecule has 0 aromatic heterocycles. The molecule has 1 aromatic rings. The third-order valence-corrected chi connectivity index (χ3v) is 3.39. The molecule has 134 valence electrons. The molecule has 1 atom stereocenters. The van der Waals surface area contributed by atoms with Crippen molar-refractivity contribution in [2.45, 2.75) is 26.3 Å². The second-order valence-electron chi connectivity index (χ2n) is 5.91. The van der Waals surface area contributed by atoms with Crippen LogP contribution in [0.2, 0.25) is 0 Å². The fraction of sp³-hybridized carbons (Fsp3) is 0.556. The lowest BCUT2D eigenvalue weighted by atomic mass is 10.1. The minimum absolute atomic E-state index is 0.0174. The highest BCUT2D eigenvalue weighted by molar-refractivity contribution is 5.94. The largest absolute Gasteiger partial charge is 0.383 e.